The molecule has 0 radical (unpaired) electrons. The minimum atomic E-state index is -0.813. The number of carboxylic acid groups (broad SMARTS) is 1. The summed E-state index contributed by atoms with van der Waals surface area (Å²) in [4.78, 5) is 25.3. The van der Waals surface area contributed by atoms with E-state index in [0.29, 0.717) is 30.9 Å². The topological polar surface area (TPSA) is 66.8 Å². The number of nitrogens with zero attached hydrogens (tertiary/aromatic N) is 1. The van der Waals surface area contributed by atoms with E-state index < -0.39 is 5.97 Å². The molecular formula is C18H23NO4. The average Bonchev–Trinajstić information content (AvgIpc) is 2.58. The molecule has 1 heterocycles. The molecule has 5 nitrogen and oxygen atoms in total. The second-order valence-corrected chi connectivity index (χ2v) is 5.70. The van der Waals surface area contributed by atoms with Gasteiger partial charge in [0.05, 0.1) is 0 Å². The summed E-state index contributed by atoms with van der Waals surface area (Å²) in [5.74, 6) is -0.149. The quantitative estimate of drug-likeness (QED) is 0.785. The van der Waals surface area contributed by atoms with Crippen LogP contribution in [0.1, 0.15) is 42.5 Å². The van der Waals surface area contributed by atoms with Crippen molar-refractivity contribution in [3.8, 4) is 5.75 Å². The van der Waals surface area contributed by atoms with Gasteiger partial charge in [-0.2, -0.15) is 0 Å². The Balaban J connectivity index is 2.03. The lowest BCUT2D eigenvalue weighted by molar-refractivity contribution is -0.137. The molecule has 2 rings (SSSR count). The van der Waals surface area contributed by atoms with Crippen molar-refractivity contribution in [3.63, 3.8) is 0 Å². The van der Waals surface area contributed by atoms with Crippen molar-refractivity contribution in [2.45, 2.75) is 38.1 Å². The summed E-state index contributed by atoms with van der Waals surface area (Å²) >= 11 is 0. The minimum Gasteiger partial charge on any atom is -0.490 e. The molecule has 1 amide bonds. The van der Waals surface area contributed by atoms with Gasteiger partial charge in [-0.3, -0.25) is 9.59 Å². The molecule has 5 heteroatoms. The number of carboxylic acids is 1. The van der Waals surface area contributed by atoms with Crippen LogP contribution in [-0.2, 0) is 4.79 Å². The summed E-state index contributed by atoms with van der Waals surface area (Å²) in [7, 11) is 0. The van der Waals surface area contributed by atoms with E-state index in [4.69, 9.17) is 9.84 Å². The van der Waals surface area contributed by atoms with Crippen molar-refractivity contribution in [1.82, 2.24) is 4.90 Å². The number of benzene rings is 1. The van der Waals surface area contributed by atoms with Gasteiger partial charge in [0.15, 0.2) is 0 Å². The van der Waals surface area contributed by atoms with Crippen LogP contribution < -0.4 is 4.74 Å². The first-order chi connectivity index (χ1) is 11.1. The number of likely N-dealkylation sites (tertiary alicyclic amines) is 1. The predicted molar refractivity (Wildman–Crippen MR) is 87.7 cm³/mol. The zero-order valence-corrected chi connectivity index (χ0v) is 13.2. The van der Waals surface area contributed by atoms with Crippen molar-refractivity contribution >= 4 is 11.9 Å². The normalized spacial score (nSPS) is 17.6. The summed E-state index contributed by atoms with van der Waals surface area (Å²) < 4.78 is 5.41. The smallest absolute Gasteiger partial charge is 0.303 e. The predicted octanol–water partition coefficient (Wildman–Crippen LogP) is 3.11. The fraction of sp³-hybridized carbons (Fsp3) is 0.444. The number of hydrogen-bond acceptors (Lipinski definition) is 3. The summed E-state index contributed by atoms with van der Waals surface area (Å²) in [5, 5.41) is 8.86. The number of carbonyl (C=O) groups is 2. The van der Waals surface area contributed by atoms with E-state index in [9.17, 15) is 9.59 Å². The van der Waals surface area contributed by atoms with Gasteiger partial charge < -0.3 is 14.7 Å². The van der Waals surface area contributed by atoms with Gasteiger partial charge in [0.25, 0.3) is 5.91 Å². The Kier molecular flexibility index (Phi) is 6.20. The third-order valence-electron chi connectivity index (χ3n) is 4.05. The number of carbonyl (C=O) groups excluding carboxylic acids is 1. The van der Waals surface area contributed by atoms with E-state index in [1.807, 2.05) is 4.90 Å². The van der Waals surface area contributed by atoms with Crippen LogP contribution >= 0.6 is 0 Å². The van der Waals surface area contributed by atoms with Gasteiger partial charge in [-0.05, 0) is 49.9 Å². The fourth-order valence-corrected chi connectivity index (χ4v) is 2.87. The van der Waals surface area contributed by atoms with E-state index in [1.54, 1.807) is 30.3 Å². The molecule has 1 aromatic rings. The Hall–Kier alpha value is -2.30. The first-order valence-corrected chi connectivity index (χ1v) is 7.98. The summed E-state index contributed by atoms with van der Waals surface area (Å²) in [6.07, 6.45) is 5.17. The van der Waals surface area contributed by atoms with Crippen LogP contribution in [0.4, 0.5) is 0 Å². The largest absolute Gasteiger partial charge is 0.490 e. The number of piperidine rings is 1. The molecule has 0 saturated carbocycles. The van der Waals surface area contributed by atoms with Gasteiger partial charge in [-0.1, -0.05) is 12.7 Å². The molecule has 1 unspecified atom stereocenters. The number of rotatable bonds is 7. The van der Waals surface area contributed by atoms with Crippen molar-refractivity contribution in [3.05, 3.63) is 42.5 Å². The van der Waals surface area contributed by atoms with Gasteiger partial charge >= 0.3 is 5.97 Å². The van der Waals surface area contributed by atoms with E-state index in [0.717, 1.165) is 19.3 Å². The molecule has 1 aliphatic heterocycles. The number of amides is 1. The van der Waals surface area contributed by atoms with E-state index in [1.165, 1.54) is 0 Å². The van der Waals surface area contributed by atoms with Crippen LogP contribution in [0.15, 0.2) is 36.9 Å². The summed E-state index contributed by atoms with van der Waals surface area (Å²) in [6.45, 7) is 4.71. The highest BCUT2D eigenvalue weighted by Gasteiger charge is 2.27. The van der Waals surface area contributed by atoms with Gasteiger partial charge in [-0.25, -0.2) is 0 Å². The Morgan fingerprint density at radius 3 is 2.70 bits per heavy atom. The molecule has 1 aromatic carbocycles. The molecule has 23 heavy (non-hydrogen) atoms. The Morgan fingerprint density at radius 1 is 1.30 bits per heavy atom. The maximum Gasteiger partial charge on any atom is 0.303 e. The number of hydrogen-bond donors (Lipinski definition) is 1. The summed E-state index contributed by atoms with van der Waals surface area (Å²) in [6, 6.07) is 7.07. The summed E-state index contributed by atoms with van der Waals surface area (Å²) in [5.41, 5.74) is 0.609. The molecule has 1 fully saturated rings. The second kappa shape index (κ2) is 8.36. The number of aliphatic carboxylic acids is 1. The second-order valence-electron chi connectivity index (χ2n) is 5.70. The van der Waals surface area contributed by atoms with Crippen LogP contribution in [0.5, 0.6) is 5.75 Å². The Bertz CT molecular complexity index is 553. The average molecular weight is 317 g/mol. The maximum atomic E-state index is 12.7. The Morgan fingerprint density at radius 2 is 2.04 bits per heavy atom. The van der Waals surface area contributed by atoms with Gasteiger partial charge in [0.1, 0.15) is 12.4 Å². The molecule has 0 bridgehead atoms. The zero-order valence-electron chi connectivity index (χ0n) is 13.2. The minimum absolute atomic E-state index is 0.0176. The number of ether oxygens (including phenoxy) is 1. The zero-order chi connectivity index (χ0) is 16.7. The Labute approximate surface area is 136 Å². The van der Waals surface area contributed by atoms with Crippen LogP contribution in [0, 0.1) is 0 Å². The van der Waals surface area contributed by atoms with E-state index in [2.05, 4.69) is 6.58 Å². The lowest BCUT2D eigenvalue weighted by Gasteiger charge is -2.35. The third-order valence-corrected chi connectivity index (χ3v) is 4.05. The van der Waals surface area contributed by atoms with Gasteiger partial charge in [0, 0.05) is 24.6 Å². The molecule has 0 spiro atoms. The molecule has 1 aliphatic rings. The molecule has 0 aromatic heterocycles. The van der Waals surface area contributed by atoms with Crippen molar-refractivity contribution in [1.29, 1.82) is 0 Å². The highest BCUT2D eigenvalue weighted by Crippen LogP contribution is 2.24. The highest BCUT2D eigenvalue weighted by atomic mass is 16.5. The molecule has 124 valence electrons. The molecule has 1 N–H and O–H groups in total. The molecule has 0 aliphatic carbocycles. The lowest BCUT2D eigenvalue weighted by atomic mass is 9.97. The highest BCUT2D eigenvalue weighted by molar-refractivity contribution is 5.94. The molecule has 1 saturated heterocycles. The standard InChI is InChI=1S/C18H23NO4/c1-2-13-23-16-9-6-14(7-10-16)18(22)19-12-4-3-5-15(19)8-11-17(20)21/h2,6-7,9-10,15H,1,3-5,8,11-13H2,(H,20,21). The maximum absolute atomic E-state index is 12.7. The van der Waals surface area contributed by atoms with Gasteiger partial charge in [0.2, 0.25) is 0 Å². The first-order valence-electron chi connectivity index (χ1n) is 7.98. The SMILES string of the molecule is C=CCOc1ccc(C(=O)N2CCCCC2CCC(=O)O)cc1. The molecule has 1 atom stereocenters. The van der Waals surface area contributed by atoms with Crippen LogP contribution in [0.25, 0.3) is 0 Å². The lowest BCUT2D eigenvalue weighted by Crippen LogP contribution is -2.43. The monoisotopic (exact) mass is 317 g/mol. The van der Waals surface area contributed by atoms with Crippen LogP contribution in [0.2, 0.25) is 0 Å². The van der Waals surface area contributed by atoms with Crippen molar-refractivity contribution in [2.24, 2.45) is 0 Å². The van der Waals surface area contributed by atoms with E-state index in [-0.39, 0.29) is 18.4 Å². The van der Waals surface area contributed by atoms with Crippen LogP contribution in [-0.4, -0.2) is 41.1 Å². The van der Waals surface area contributed by atoms with Gasteiger partial charge in [-0.15, -0.1) is 0 Å². The van der Waals surface area contributed by atoms with Crippen LogP contribution in [0.3, 0.4) is 0 Å². The van der Waals surface area contributed by atoms with Crippen molar-refractivity contribution < 1.29 is 19.4 Å². The molecular weight excluding hydrogens is 294 g/mol. The third kappa shape index (κ3) is 4.84. The first kappa shape index (κ1) is 17.1. The fourth-order valence-electron chi connectivity index (χ4n) is 2.87. The van der Waals surface area contributed by atoms with E-state index >= 15 is 0 Å². The van der Waals surface area contributed by atoms with Crippen molar-refractivity contribution in [2.75, 3.05) is 13.2 Å².